The average molecular weight is 297 g/mol. The number of rotatable bonds is 9. The van der Waals surface area contributed by atoms with E-state index in [2.05, 4.69) is 5.32 Å². The molecule has 0 aliphatic rings. The highest BCUT2D eigenvalue weighted by atomic mass is 16.3. The van der Waals surface area contributed by atoms with Gasteiger partial charge in [-0.3, -0.25) is 4.79 Å². The van der Waals surface area contributed by atoms with Gasteiger partial charge in [-0.1, -0.05) is 30.4 Å². The molecular weight excluding hydrogens is 270 g/mol. The number of carbonyl (C=O) groups excluding carboxylic acids is 1. The maximum Gasteiger partial charge on any atom is 0.243 e. The molecule has 21 heavy (non-hydrogen) atoms. The highest BCUT2D eigenvalue weighted by Crippen LogP contribution is 1.98. The SMILES string of the molecule is C[C@H](O)[C@@H](O)/C=C/C=C/CC/C=C/C(=O)NCC(C)(C)O. The van der Waals surface area contributed by atoms with E-state index >= 15 is 0 Å². The predicted molar refractivity (Wildman–Crippen MR) is 83.6 cm³/mol. The summed E-state index contributed by atoms with van der Waals surface area (Å²) >= 11 is 0. The van der Waals surface area contributed by atoms with Crippen molar-refractivity contribution in [2.75, 3.05) is 6.54 Å². The Labute approximate surface area is 126 Å². The molecule has 1 amide bonds. The maximum absolute atomic E-state index is 11.4. The number of hydrogen-bond acceptors (Lipinski definition) is 4. The normalized spacial score (nSPS) is 15.9. The molecule has 0 aromatic carbocycles. The Bertz CT molecular complexity index is 378. The molecule has 5 heteroatoms. The zero-order chi connectivity index (χ0) is 16.3. The van der Waals surface area contributed by atoms with Gasteiger partial charge in [-0.15, -0.1) is 0 Å². The van der Waals surface area contributed by atoms with E-state index in [9.17, 15) is 15.0 Å². The monoisotopic (exact) mass is 297 g/mol. The van der Waals surface area contributed by atoms with Crippen LogP contribution in [-0.2, 0) is 4.79 Å². The van der Waals surface area contributed by atoms with Crippen molar-refractivity contribution in [3.63, 3.8) is 0 Å². The van der Waals surface area contributed by atoms with Crippen LogP contribution < -0.4 is 5.32 Å². The fourth-order valence-corrected chi connectivity index (χ4v) is 1.26. The quantitative estimate of drug-likeness (QED) is 0.291. The lowest BCUT2D eigenvalue weighted by Crippen LogP contribution is -2.37. The first-order chi connectivity index (χ1) is 9.72. The molecule has 5 nitrogen and oxygen atoms in total. The summed E-state index contributed by atoms with van der Waals surface area (Å²) in [5, 5.41) is 30.4. The molecule has 2 atom stereocenters. The van der Waals surface area contributed by atoms with Crippen LogP contribution in [-0.4, -0.2) is 45.6 Å². The van der Waals surface area contributed by atoms with Crippen molar-refractivity contribution in [3.8, 4) is 0 Å². The number of aliphatic hydroxyl groups is 3. The van der Waals surface area contributed by atoms with Gasteiger partial charge in [0.25, 0.3) is 0 Å². The first-order valence-corrected chi connectivity index (χ1v) is 7.08. The zero-order valence-corrected chi connectivity index (χ0v) is 13.0. The van der Waals surface area contributed by atoms with Crippen LogP contribution in [0.2, 0.25) is 0 Å². The Balaban J connectivity index is 3.79. The van der Waals surface area contributed by atoms with Gasteiger partial charge in [0.1, 0.15) is 0 Å². The molecule has 0 spiro atoms. The minimum Gasteiger partial charge on any atom is -0.390 e. The number of carbonyl (C=O) groups is 1. The van der Waals surface area contributed by atoms with Crippen molar-refractivity contribution < 1.29 is 20.1 Å². The van der Waals surface area contributed by atoms with E-state index in [1.54, 1.807) is 32.1 Å². The summed E-state index contributed by atoms with van der Waals surface area (Å²) in [6.07, 6.45) is 9.96. The average Bonchev–Trinajstić information content (AvgIpc) is 2.38. The largest absolute Gasteiger partial charge is 0.390 e. The van der Waals surface area contributed by atoms with E-state index in [-0.39, 0.29) is 12.5 Å². The van der Waals surface area contributed by atoms with Crippen molar-refractivity contribution in [1.82, 2.24) is 5.32 Å². The smallest absolute Gasteiger partial charge is 0.243 e. The van der Waals surface area contributed by atoms with Crippen LogP contribution in [0.3, 0.4) is 0 Å². The van der Waals surface area contributed by atoms with Crippen molar-refractivity contribution in [2.24, 2.45) is 0 Å². The van der Waals surface area contributed by atoms with Gasteiger partial charge in [-0.2, -0.15) is 0 Å². The molecule has 0 aromatic rings. The van der Waals surface area contributed by atoms with Gasteiger partial charge in [0, 0.05) is 6.54 Å². The van der Waals surface area contributed by atoms with Gasteiger partial charge < -0.3 is 20.6 Å². The van der Waals surface area contributed by atoms with E-state index in [0.29, 0.717) is 0 Å². The van der Waals surface area contributed by atoms with Gasteiger partial charge >= 0.3 is 0 Å². The molecule has 0 rings (SSSR count). The number of amides is 1. The van der Waals surface area contributed by atoms with Crippen LogP contribution in [0.5, 0.6) is 0 Å². The Morgan fingerprint density at radius 3 is 2.38 bits per heavy atom. The molecule has 0 aromatic heterocycles. The lowest BCUT2D eigenvalue weighted by molar-refractivity contribution is -0.117. The number of allylic oxidation sites excluding steroid dienone is 4. The Morgan fingerprint density at radius 2 is 1.81 bits per heavy atom. The summed E-state index contributed by atoms with van der Waals surface area (Å²) in [5.74, 6) is -0.221. The fourth-order valence-electron chi connectivity index (χ4n) is 1.26. The lowest BCUT2D eigenvalue weighted by atomic mass is 10.1. The third-order valence-corrected chi connectivity index (χ3v) is 2.51. The van der Waals surface area contributed by atoms with Gasteiger partial charge in [0.05, 0.1) is 17.8 Å². The summed E-state index contributed by atoms with van der Waals surface area (Å²) in [6.45, 7) is 4.99. The van der Waals surface area contributed by atoms with Crippen LogP contribution in [0, 0.1) is 0 Å². The van der Waals surface area contributed by atoms with E-state index in [0.717, 1.165) is 12.8 Å². The van der Waals surface area contributed by atoms with Gasteiger partial charge in [-0.25, -0.2) is 0 Å². The standard InChI is InChI=1S/C16H27NO4/c1-13(18)14(19)10-8-6-4-5-7-9-11-15(20)17-12-16(2,3)21/h4,6,8-11,13-14,18-19,21H,5,7,12H2,1-3H3,(H,17,20)/b6-4+,10-8+,11-9+/t13-,14-/m0/s1. The van der Waals surface area contributed by atoms with Crippen LogP contribution in [0.1, 0.15) is 33.6 Å². The maximum atomic E-state index is 11.4. The molecule has 4 N–H and O–H groups in total. The summed E-state index contributed by atoms with van der Waals surface area (Å²) in [4.78, 5) is 11.4. The summed E-state index contributed by atoms with van der Waals surface area (Å²) in [5.41, 5.74) is -0.908. The van der Waals surface area contributed by atoms with Crippen LogP contribution >= 0.6 is 0 Å². The van der Waals surface area contributed by atoms with Crippen molar-refractivity contribution in [2.45, 2.75) is 51.4 Å². The molecule has 0 heterocycles. The predicted octanol–water partition coefficient (Wildman–Crippen LogP) is 1.06. The fraction of sp³-hybridized carbons (Fsp3) is 0.562. The molecule has 0 unspecified atom stereocenters. The number of unbranched alkanes of at least 4 members (excludes halogenated alkanes) is 1. The van der Waals surface area contributed by atoms with Crippen molar-refractivity contribution in [1.29, 1.82) is 0 Å². The van der Waals surface area contributed by atoms with Crippen LogP contribution in [0.15, 0.2) is 36.5 Å². The molecule has 120 valence electrons. The van der Waals surface area contributed by atoms with E-state index in [4.69, 9.17) is 5.11 Å². The van der Waals surface area contributed by atoms with Crippen molar-refractivity contribution >= 4 is 5.91 Å². The Hall–Kier alpha value is -1.43. The topological polar surface area (TPSA) is 89.8 Å². The molecular formula is C16H27NO4. The van der Waals surface area contributed by atoms with E-state index in [1.807, 2.05) is 6.08 Å². The molecule has 0 radical (unpaired) electrons. The Morgan fingerprint density at radius 1 is 1.19 bits per heavy atom. The molecule has 0 aliphatic heterocycles. The molecule has 0 saturated heterocycles. The van der Waals surface area contributed by atoms with Crippen LogP contribution in [0.4, 0.5) is 0 Å². The lowest BCUT2D eigenvalue weighted by Gasteiger charge is -2.16. The number of aliphatic hydroxyl groups excluding tert-OH is 2. The second kappa shape index (κ2) is 10.3. The molecule has 0 saturated carbocycles. The van der Waals surface area contributed by atoms with Gasteiger partial charge in [0.2, 0.25) is 5.91 Å². The second-order valence-electron chi connectivity index (χ2n) is 5.55. The van der Waals surface area contributed by atoms with E-state index < -0.39 is 17.8 Å². The van der Waals surface area contributed by atoms with Crippen molar-refractivity contribution in [3.05, 3.63) is 36.5 Å². The third kappa shape index (κ3) is 13.3. The number of hydrogen-bond donors (Lipinski definition) is 4. The molecule has 0 fully saturated rings. The first-order valence-electron chi connectivity index (χ1n) is 7.08. The molecule has 0 bridgehead atoms. The summed E-state index contributed by atoms with van der Waals surface area (Å²) in [7, 11) is 0. The first kappa shape index (κ1) is 19.6. The summed E-state index contributed by atoms with van der Waals surface area (Å²) < 4.78 is 0. The number of nitrogens with one attached hydrogen (secondary N) is 1. The highest BCUT2D eigenvalue weighted by molar-refractivity contribution is 5.87. The Kier molecular flexibility index (Phi) is 9.62. The highest BCUT2D eigenvalue weighted by Gasteiger charge is 2.12. The minimum absolute atomic E-state index is 0.215. The van der Waals surface area contributed by atoms with Gasteiger partial charge in [-0.05, 0) is 39.7 Å². The second-order valence-corrected chi connectivity index (χ2v) is 5.55. The summed E-state index contributed by atoms with van der Waals surface area (Å²) in [6, 6.07) is 0. The molecule has 0 aliphatic carbocycles. The minimum atomic E-state index is -0.908. The van der Waals surface area contributed by atoms with Gasteiger partial charge in [0.15, 0.2) is 0 Å². The zero-order valence-electron chi connectivity index (χ0n) is 13.0. The third-order valence-electron chi connectivity index (χ3n) is 2.51. The van der Waals surface area contributed by atoms with E-state index in [1.165, 1.54) is 19.1 Å². The van der Waals surface area contributed by atoms with Crippen LogP contribution in [0.25, 0.3) is 0 Å².